The predicted octanol–water partition coefficient (Wildman–Crippen LogP) is 1.89. The number of hydrogen-bond acceptors (Lipinski definition) is 5. The van der Waals surface area contributed by atoms with Crippen molar-refractivity contribution in [2.45, 2.75) is 31.5 Å². The largest absolute Gasteiger partial charge is 0.490 e. The van der Waals surface area contributed by atoms with E-state index in [0.717, 1.165) is 30.0 Å². The van der Waals surface area contributed by atoms with Gasteiger partial charge in [0.1, 0.15) is 0 Å². The second-order valence-corrected chi connectivity index (χ2v) is 5.26. The Labute approximate surface area is 123 Å². The van der Waals surface area contributed by atoms with E-state index < -0.39 is 12.1 Å². The van der Waals surface area contributed by atoms with Gasteiger partial charge in [-0.1, -0.05) is 0 Å². The van der Waals surface area contributed by atoms with Crippen molar-refractivity contribution in [3.8, 4) is 11.5 Å². The highest BCUT2D eigenvalue weighted by Gasteiger charge is 2.30. The van der Waals surface area contributed by atoms with Gasteiger partial charge in [-0.3, -0.25) is 0 Å². The Hall–Kier alpha value is -1.95. The van der Waals surface area contributed by atoms with Crippen molar-refractivity contribution in [3.63, 3.8) is 0 Å². The molecule has 2 atom stereocenters. The lowest BCUT2D eigenvalue weighted by atomic mass is 10.2. The zero-order valence-corrected chi connectivity index (χ0v) is 11.7. The van der Waals surface area contributed by atoms with Gasteiger partial charge in [-0.2, -0.15) is 0 Å². The maximum Gasteiger partial charge on any atom is 0.332 e. The van der Waals surface area contributed by atoms with Gasteiger partial charge < -0.3 is 24.6 Å². The third-order valence-electron chi connectivity index (χ3n) is 3.66. The molecule has 21 heavy (non-hydrogen) atoms. The van der Waals surface area contributed by atoms with Crippen LogP contribution in [-0.4, -0.2) is 43.0 Å². The number of nitrogens with one attached hydrogen (secondary N) is 1. The third-order valence-corrected chi connectivity index (χ3v) is 3.66. The molecule has 2 aliphatic heterocycles. The van der Waals surface area contributed by atoms with E-state index in [9.17, 15) is 4.79 Å². The summed E-state index contributed by atoms with van der Waals surface area (Å²) in [7, 11) is 0. The number of aliphatic carboxylic acids is 1. The molecule has 2 unspecified atom stereocenters. The number of carboxylic acid groups (broad SMARTS) is 1. The van der Waals surface area contributed by atoms with Crippen LogP contribution < -0.4 is 14.8 Å². The molecule has 1 saturated heterocycles. The summed E-state index contributed by atoms with van der Waals surface area (Å²) in [6, 6.07) is 5.72. The standard InChI is InChI=1S/C15H19NO5/c17-15(18)13-5-3-11(21-13)9-16-10-2-4-12-14(8-10)20-7-1-6-19-12/h2,4,8,11,13,16H,1,3,5-7,9H2,(H,17,18). The van der Waals surface area contributed by atoms with E-state index in [2.05, 4.69) is 5.32 Å². The van der Waals surface area contributed by atoms with Crippen LogP contribution in [0.15, 0.2) is 18.2 Å². The first kappa shape index (κ1) is 14.0. The number of hydrogen-bond donors (Lipinski definition) is 2. The van der Waals surface area contributed by atoms with Crippen molar-refractivity contribution in [1.82, 2.24) is 0 Å². The topological polar surface area (TPSA) is 77.0 Å². The van der Waals surface area contributed by atoms with Crippen LogP contribution >= 0.6 is 0 Å². The van der Waals surface area contributed by atoms with E-state index in [1.54, 1.807) is 0 Å². The van der Waals surface area contributed by atoms with Gasteiger partial charge in [-0.15, -0.1) is 0 Å². The Morgan fingerprint density at radius 1 is 1.24 bits per heavy atom. The van der Waals surface area contributed by atoms with Gasteiger partial charge >= 0.3 is 5.97 Å². The molecule has 114 valence electrons. The number of benzene rings is 1. The van der Waals surface area contributed by atoms with Crippen LogP contribution in [0.2, 0.25) is 0 Å². The number of fused-ring (bicyclic) bond motifs is 1. The number of rotatable bonds is 4. The van der Waals surface area contributed by atoms with E-state index in [-0.39, 0.29) is 6.10 Å². The van der Waals surface area contributed by atoms with Gasteiger partial charge in [0.25, 0.3) is 0 Å². The molecule has 0 radical (unpaired) electrons. The highest BCUT2D eigenvalue weighted by Crippen LogP contribution is 2.32. The fourth-order valence-corrected chi connectivity index (χ4v) is 2.54. The van der Waals surface area contributed by atoms with E-state index in [4.69, 9.17) is 19.3 Å². The molecule has 2 aliphatic rings. The van der Waals surface area contributed by atoms with Crippen LogP contribution in [0.4, 0.5) is 5.69 Å². The lowest BCUT2D eigenvalue weighted by Crippen LogP contribution is -2.24. The minimum absolute atomic E-state index is 0.0675. The minimum Gasteiger partial charge on any atom is -0.490 e. The first-order valence-electron chi connectivity index (χ1n) is 7.24. The van der Waals surface area contributed by atoms with Gasteiger partial charge in [0.2, 0.25) is 0 Å². The summed E-state index contributed by atoms with van der Waals surface area (Å²) >= 11 is 0. The van der Waals surface area contributed by atoms with Crippen molar-refractivity contribution in [1.29, 1.82) is 0 Å². The van der Waals surface area contributed by atoms with Crippen molar-refractivity contribution in [3.05, 3.63) is 18.2 Å². The molecule has 1 aromatic carbocycles. The Bertz CT molecular complexity index is 519. The molecule has 3 rings (SSSR count). The van der Waals surface area contributed by atoms with Gasteiger partial charge in [-0.05, 0) is 25.0 Å². The first-order chi connectivity index (χ1) is 10.2. The number of carboxylic acids is 1. The summed E-state index contributed by atoms with van der Waals surface area (Å²) in [5.41, 5.74) is 0.918. The Morgan fingerprint density at radius 2 is 2.05 bits per heavy atom. The normalized spacial score (nSPS) is 24.4. The number of carbonyl (C=O) groups is 1. The fourth-order valence-electron chi connectivity index (χ4n) is 2.54. The Balaban J connectivity index is 1.56. The Kier molecular flexibility index (Phi) is 4.15. The molecular weight excluding hydrogens is 274 g/mol. The maximum atomic E-state index is 10.8. The molecule has 6 heteroatoms. The molecule has 0 amide bonds. The SMILES string of the molecule is O=C(O)C1CCC(CNc2ccc3c(c2)OCCCO3)O1. The van der Waals surface area contributed by atoms with Crippen molar-refractivity contribution in [2.24, 2.45) is 0 Å². The quantitative estimate of drug-likeness (QED) is 0.883. The van der Waals surface area contributed by atoms with Crippen molar-refractivity contribution < 1.29 is 24.1 Å². The van der Waals surface area contributed by atoms with E-state index in [0.29, 0.717) is 26.2 Å². The zero-order chi connectivity index (χ0) is 14.7. The molecule has 1 fully saturated rings. The maximum absolute atomic E-state index is 10.8. The van der Waals surface area contributed by atoms with Gasteiger partial charge in [-0.25, -0.2) is 4.79 Å². The molecule has 0 spiro atoms. The molecule has 0 saturated carbocycles. The van der Waals surface area contributed by atoms with Crippen LogP contribution in [0.1, 0.15) is 19.3 Å². The van der Waals surface area contributed by atoms with Crippen LogP contribution in [-0.2, 0) is 9.53 Å². The van der Waals surface area contributed by atoms with Crippen molar-refractivity contribution >= 4 is 11.7 Å². The lowest BCUT2D eigenvalue weighted by Gasteiger charge is -2.14. The average Bonchev–Trinajstić information content (AvgIpc) is 2.84. The van der Waals surface area contributed by atoms with Gasteiger partial charge in [0.15, 0.2) is 17.6 Å². The smallest absolute Gasteiger partial charge is 0.332 e. The third kappa shape index (κ3) is 3.39. The molecule has 2 N–H and O–H groups in total. The highest BCUT2D eigenvalue weighted by molar-refractivity contribution is 5.72. The number of anilines is 1. The Morgan fingerprint density at radius 3 is 2.81 bits per heavy atom. The van der Waals surface area contributed by atoms with E-state index in [1.165, 1.54) is 0 Å². The average molecular weight is 293 g/mol. The molecule has 0 aliphatic carbocycles. The predicted molar refractivity (Wildman–Crippen MR) is 76.1 cm³/mol. The summed E-state index contributed by atoms with van der Waals surface area (Å²) < 4.78 is 16.7. The molecule has 1 aromatic rings. The van der Waals surface area contributed by atoms with Crippen LogP contribution in [0, 0.1) is 0 Å². The summed E-state index contributed by atoms with van der Waals surface area (Å²) in [5.74, 6) is 0.627. The van der Waals surface area contributed by atoms with E-state index >= 15 is 0 Å². The van der Waals surface area contributed by atoms with Crippen LogP contribution in [0.5, 0.6) is 11.5 Å². The molecular formula is C15H19NO5. The van der Waals surface area contributed by atoms with Gasteiger partial charge in [0, 0.05) is 24.7 Å². The summed E-state index contributed by atoms with van der Waals surface area (Å²) in [4.78, 5) is 10.8. The summed E-state index contributed by atoms with van der Waals surface area (Å²) in [6.07, 6.45) is 1.48. The van der Waals surface area contributed by atoms with Crippen LogP contribution in [0.25, 0.3) is 0 Å². The summed E-state index contributed by atoms with van der Waals surface area (Å²) in [6.45, 7) is 1.91. The van der Waals surface area contributed by atoms with Crippen LogP contribution in [0.3, 0.4) is 0 Å². The summed E-state index contributed by atoms with van der Waals surface area (Å²) in [5, 5.41) is 12.2. The second kappa shape index (κ2) is 6.22. The fraction of sp³-hybridized carbons (Fsp3) is 0.533. The lowest BCUT2D eigenvalue weighted by molar-refractivity contribution is -0.149. The molecule has 2 heterocycles. The van der Waals surface area contributed by atoms with Gasteiger partial charge in [0.05, 0.1) is 19.3 Å². The second-order valence-electron chi connectivity index (χ2n) is 5.26. The number of ether oxygens (including phenoxy) is 3. The monoisotopic (exact) mass is 293 g/mol. The van der Waals surface area contributed by atoms with Crippen molar-refractivity contribution in [2.75, 3.05) is 25.1 Å². The highest BCUT2D eigenvalue weighted by atomic mass is 16.5. The first-order valence-corrected chi connectivity index (χ1v) is 7.24. The molecule has 0 aromatic heterocycles. The zero-order valence-electron chi connectivity index (χ0n) is 11.7. The van der Waals surface area contributed by atoms with E-state index in [1.807, 2.05) is 18.2 Å². The minimum atomic E-state index is -0.881. The molecule has 6 nitrogen and oxygen atoms in total. The molecule has 0 bridgehead atoms.